The summed E-state index contributed by atoms with van der Waals surface area (Å²) in [6, 6.07) is 9.52. The smallest absolute Gasteiger partial charge is 0.422 e. The number of methoxy groups -OCH3 is 1. The van der Waals surface area contributed by atoms with Gasteiger partial charge in [0.25, 0.3) is 0 Å². The molecule has 4 rings (SSSR count). The van der Waals surface area contributed by atoms with Crippen molar-refractivity contribution in [3.8, 4) is 11.5 Å². The van der Waals surface area contributed by atoms with E-state index in [0.29, 0.717) is 28.8 Å². The second-order valence-electron chi connectivity index (χ2n) is 8.34. The fourth-order valence-electron chi connectivity index (χ4n) is 3.74. The first-order chi connectivity index (χ1) is 17.5. The number of benzene rings is 2. The summed E-state index contributed by atoms with van der Waals surface area (Å²) in [4.78, 5) is 20.4. The minimum absolute atomic E-state index is 0.0432. The maximum absolute atomic E-state index is 12.6. The van der Waals surface area contributed by atoms with Crippen molar-refractivity contribution >= 4 is 44.2 Å². The van der Waals surface area contributed by atoms with E-state index in [1.807, 2.05) is 0 Å². The number of nitrogens with zero attached hydrogens (tertiary/aromatic N) is 2. The predicted molar refractivity (Wildman–Crippen MR) is 132 cm³/mol. The van der Waals surface area contributed by atoms with Gasteiger partial charge in [0.1, 0.15) is 12.1 Å². The molecule has 1 fully saturated rings. The summed E-state index contributed by atoms with van der Waals surface area (Å²) in [6.45, 7) is -1.46. The van der Waals surface area contributed by atoms with Gasteiger partial charge >= 0.3 is 6.18 Å². The monoisotopic (exact) mass is 536 g/mol. The van der Waals surface area contributed by atoms with Crippen molar-refractivity contribution < 1.29 is 35.9 Å². The van der Waals surface area contributed by atoms with E-state index in [1.165, 1.54) is 31.6 Å². The number of amides is 1. The van der Waals surface area contributed by atoms with Crippen molar-refractivity contribution in [3.05, 3.63) is 54.4 Å². The Hall–Kier alpha value is -3.87. The molecule has 1 aliphatic heterocycles. The Kier molecular flexibility index (Phi) is 7.52. The summed E-state index contributed by atoms with van der Waals surface area (Å²) in [7, 11) is -1.76. The van der Waals surface area contributed by atoms with E-state index in [2.05, 4.69) is 20.6 Å². The lowest BCUT2D eigenvalue weighted by Gasteiger charge is -2.14. The quantitative estimate of drug-likeness (QED) is 0.419. The van der Waals surface area contributed by atoms with Gasteiger partial charge in [-0.2, -0.15) is 13.2 Å². The molecule has 2 N–H and O–H groups in total. The van der Waals surface area contributed by atoms with Crippen LogP contribution in [0.5, 0.6) is 11.5 Å². The third-order valence-electron chi connectivity index (χ3n) is 5.49. The number of fused-ring (bicyclic) bond motifs is 1. The number of alkyl halides is 3. The molecule has 13 heteroatoms. The highest BCUT2D eigenvalue weighted by atomic mass is 32.2. The Morgan fingerprint density at radius 3 is 2.57 bits per heavy atom. The van der Waals surface area contributed by atoms with Gasteiger partial charge in [-0.1, -0.05) is 12.1 Å². The van der Waals surface area contributed by atoms with Crippen LogP contribution in [-0.4, -0.2) is 61.7 Å². The molecule has 0 radical (unpaired) electrons. The molecule has 1 unspecified atom stereocenters. The number of hydrogen-bond donors (Lipinski definition) is 2. The molecule has 2 heterocycles. The Bertz CT molecular complexity index is 1430. The summed E-state index contributed by atoms with van der Waals surface area (Å²) in [6.07, 6.45) is 0.137. The third-order valence-corrected chi connectivity index (χ3v) is 7.26. The van der Waals surface area contributed by atoms with Gasteiger partial charge < -0.3 is 20.1 Å². The number of halogens is 3. The van der Waals surface area contributed by atoms with Crippen molar-refractivity contribution in [1.29, 1.82) is 0 Å². The number of nitrogens with one attached hydrogen (secondary N) is 2. The molecule has 37 heavy (non-hydrogen) atoms. The number of aromatic nitrogens is 2. The molecule has 0 spiro atoms. The number of sulfone groups is 1. The van der Waals surface area contributed by atoms with Crippen LogP contribution in [0.25, 0.3) is 17.0 Å². The van der Waals surface area contributed by atoms with E-state index in [-0.39, 0.29) is 35.0 Å². The zero-order valence-electron chi connectivity index (χ0n) is 19.6. The molecule has 3 aromatic rings. The van der Waals surface area contributed by atoms with Crippen molar-refractivity contribution in [2.24, 2.45) is 0 Å². The molecule has 2 aromatic carbocycles. The predicted octanol–water partition coefficient (Wildman–Crippen LogP) is 3.64. The Morgan fingerprint density at radius 2 is 1.92 bits per heavy atom. The maximum atomic E-state index is 12.6. The van der Waals surface area contributed by atoms with Crippen LogP contribution in [0.1, 0.15) is 12.0 Å². The molecule has 1 aliphatic rings. The zero-order chi connectivity index (χ0) is 26.6. The van der Waals surface area contributed by atoms with E-state index in [4.69, 9.17) is 9.47 Å². The van der Waals surface area contributed by atoms with Crippen LogP contribution in [0.4, 0.5) is 24.7 Å². The summed E-state index contributed by atoms with van der Waals surface area (Å²) < 4.78 is 70.8. The second-order valence-corrected chi connectivity index (χ2v) is 10.6. The first kappa shape index (κ1) is 26.2. The normalized spacial score (nSPS) is 17.1. The summed E-state index contributed by atoms with van der Waals surface area (Å²) >= 11 is 0. The first-order valence-electron chi connectivity index (χ1n) is 11.1. The summed E-state index contributed by atoms with van der Waals surface area (Å²) in [5.74, 6) is 0.0788. The fourth-order valence-corrected chi connectivity index (χ4v) is 5.41. The lowest BCUT2D eigenvalue weighted by molar-refractivity contribution is -0.153. The lowest BCUT2D eigenvalue weighted by Crippen LogP contribution is -2.34. The standard InChI is InChI=1S/C24H23F3N4O5S/c1-35-20-10-18-19(11-21(20)36-13-24(25,26)27)28-14-29-23(18)31-16-5-2-15(3-6-16)4-7-22(32)30-17-8-9-37(33,34)12-17/h2-7,10-11,14,17H,8-9,12-13H2,1H3,(H,30,32)(H,28,29,31)/b7-4+. The van der Waals surface area contributed by atoms with Crippen LogP contribution in [0, 0.1) is 0 Å². The molecule has 0 saturated carbocycles. The molecular weight excluding hydrogens is 513 g/mol. The average molecular weight is 537 g/mol. The SMILES string of the molecule is COc1cc2c(Nc3ccc(/C=C/C(=O)NC4CCS(=O)(=O)C4)cc3)ncnc2cc1OCC(F)(F)F. The molecule has 1 atom stereocenters. The van der Waals surface area contributed by atoms with Gasteiger partial charge in [0, 0.05) is 29.3 Å². The van der Waals surface area contributed by atoms with E-state index in [9.17, 15) is 26.4 Å². The Labute approximate surface area is 210 Å². The van der Waals surface area contributed by atoms with Crippen LogP contribution in [0.3, 0.4) is 0 Å². The molecule has 196 valence electrons. The highest BCUT2D eigenvalue weighted by molar-refractivity contribution is 7.91. The maximum Gasteiger partial charge on any atom is 0.422 e. The summed E-state index contributed by atoms with van der Waals surface area (Å²) in [5.41, 5.74) is 1.76. The summed E-state index contributed by atoms with van der Waals surface area (Å²) in [5, 5.41) is 6.33. The molecule has 9 nitrogen and oxygen atoms in total. The number of ether oxygens (including phenoxy) is 2. The van der Waals surface area contributed by atoms with Crippen LogP contribution in [-0.2, 0) is 14.6 Å². The van der Waals surface area contributed by atoms with Gasteiger partial charge in [-0.3, -0.25) is 4.79 Å². The minimum Gasteiger partial charge on any atom is -0.493 e. The van der Waals surface area contributed by atoms with Crippen LogP contribution in [0.2, 0.25) is 0 Å². The van der Waals surface area contributed by atoms with E-state index in [1.54, 1.807) is 30.3 Å². The van der Waals surface area contributed by atoms with Gasteiger partial charge in [0.05, 0.1) is 24.1 Å². The first-order valence-corrected chi connectivity index (χ1v) is 12.9. The molecule has 0 bridgehead atoms. The number of rotatable bonds is 8. The lowest BCUT2D eigenvalue weighted by atomic mass is 10.1. The average Bonchev–Trinajstić information content (AvgIpc) is 3.19. The van der Waals surface area contributed by atoms with Gasteiger partial charge in [0.15, 0.2) is 27.9 Å². The van der Waals surface area contributed by atoms with Crippen molar-refractivity contribution in [3.63, 3.8) is 0 Å². The third kappa shape index (κ3) is 7.09. The van der Waals surface area contributed by atoms with Gasteiger partial charge in [-0.15, -0.1) is 0 Å². The van der Waals surface area contributed by atoms with E-state index in [0.717, 1.165) is 5.56 Å². The fraction of sp³-hybridized carbons (Fsp3) is 0.292. The van der Waals surface area contributed by atoms with Crippen molar-refractivity contribution in [2.75, 3.05) is 30.5 Å². The topological polar surface area (TPSA) is 120 Å². The molecule has 1 saturated heterocycles. The van der Waals surface area contributed by atoms with E-state index < -0.39 is 22.6 Å². The number of anilines is 2. The van der Waals surface area contributed by atoms with Gasteiger partial charge in [0.2, 0.25) is 5.91 Å². The van der Waals surface area contributed by atoms with E-state index >= 15 is 0 Å². The van der Waals surface area contributed by atoms with Crippen LogP contribution in [0.15, 0.2) is 48.8 Å². The second kappa shape index (κ2) is 10.6. The van der Waals surface area contributed by atoms with Gasteiger partial charge in [-0.05, 0) is 36.3 Å². The Morgan fingerprint density at radius 1 is 1.16 bits per heavy atom. The highest BCUT2D eigenvalue weighted by Gasteiger charge is 2.29. The minimum atomic E-state index is -4.50. The van der Waals surface area contributed by atoms with Crippen LogP contribution < -0.4 is 20.1 Å². The van der Waals surface area contributed by atoms with Crippen LogP contribution >= 0.6 is 0 Å². The molecule has 1 aromatic heterocycles. The zero-order valence-corrected chi connectivity index (χ0v) is 20.4. The largest absolute Gasteiger partial charge is 0.493 e. The Balaban J connectivity index is 1.44. The molecular formula is C24H23F3N4O5S. The number of carbonyl (C=O) groups is 1. The molecule has 1 amide bonds. The highest BCUT2D eigenvalue weighted by Crippen LogP contribution is 2.35. The number of carbonyl (C=O) groups excluding carboxylic acids is 1. The van der Waals surface area contributed by atoms with Crippen molar-refractivity contribution in [1.82, 2.24) is 15.3 Å². The molecule has 0 aliphatic carbocycles. The van der Waals surface area contributed by atoms with Gasteiger partial charge in [-0.25, -0.2) is 18.4 Å². The van der Waals surface area contributed by atoms with Crippen molar-refractivity contribution in [2.45, 2.75) is 18.6 Å². The number of hydrogen-bond acceptors (Lipinski definition) is 8.